The number of hydrogen-bond donors (Lipinski definition) is 2. The lowest BCUT2D eigenvalue weighted by Gasteiger charge is -2.08. The highest BCUT2D eigenvalue weighted by Gasteiger charge is 2.04. The summed E-state index contributed by atoms with van der Waals surface area (Å²) in [6.07, 6.45) is 0. The number of anilines is 2. The highest BCUT2D eigenvalue weighted by Crippen LogP contribution is 2.30. The van der Waals surface area contributed by atoms with Crippen LogP contribution < -0.4 is 16.2 Å². The largest absolute Gasteiger partial charge is 0.497 e. The van der Waals surface area contributed by atoms with Gasteiger partial charge in [0.1, 0.15) is 5.75 Å². The minimum Gasteiger partial charge on any atom is -0.497 e. The maximum Gasteiger partial charge on any atom is 0.118 e. The van der Waals surface area contributed by atoms with Gasteiger partial charge >= 0.3 is 0 Å². The van der Waals surface area contributed by atoms with E-state index in [1.54, 1.807) is 13.2 Å². The fourth-order valence-electron chi connectivity index (χ4n) is 1.61. The molecular weight excluding hydrogens is 200 g/mol. The Hall–Kier alpha value is -2.16. The monoisotopic (exact) mass is 214 g/mol. The minimum atomic E-state index is 0.605. The summed E-state index contributed by atoms with van der Waals surface area (Å²) in [7, 11) is 1.64. The van der Waals surface area contributed by atoms with E-state index in [4.69, 9.17) is 16.2 Å². The summed E-state index contributed by atoms with van der Waals surface area (Å²) in [5.41, 5.74) is 14.9. The summed E-state index contributed by atoms with van der Waals surface area (Å²) in [6.45, 7) is 0. The van der Waals surface area contributed by atoms with Gasteiger partial charge in [0, 0.05) is 5.56 Å². The second-order valence-corrected chi connectivity index (χ2v) is 3.54. The third kappa shape index (κ3) is 1.80. The van der Waals surface area contributed by atoms with E-state index in [1.807, 2.05) is 36.4 Å². The van der Waals surface area contributed by atoms with Crippen LogP contribution in [0.4, 0.5) is 11.4 Å². The van der Waals surface area contributed by atoms with E-state index in [2.05, 4.69) is 0 Å². The molecule has 0 bridgehead atoms. The van der Waals surface area contributed by atoms with Crippen molar-refractivity contribution in [2.24, 2.45) is 0 Å². The fraction of sp³-hybridized carbons (Fsp3) is 0.0769. The van der Waals surface area contributed by atoms with E-state index >= 15 is 0 Å². The Kier molecular flexibility index (Phi) is 2.68. The first-order valence-corrected chi connectivity index (χ1v) is 5.01. The van der Waals surface area contributed by atoms with Crippen molar-refractivity contribution in [3.8, 4) is 16.9 Å². The highest BCUT2D eigenvalue weighted by atomic mass is 16.5. The van der Waals surface area contributed by atoms with Crippen LogP contribution in [0.2, 0.25) is 0 Å². The molecule has 0 aliphatic carbocycles. The van der Waals surface area contributed by atoms with E-state index in [9.17, 15) is 0 Å². The van der Waals surface area contributed by atoms with Gasteiger partial charge in [-0.15, -0.1) is 0 Å². The number of para-hydroxylation sites is 1. The van der Waals surface area contributed by atoms with Crippen LogP contribution in [0.25, 0.3) is 11.1 Å². The third-order valence-electron chi connectivity index (χ3n) is 2.54. The summed E-state index contributed by atoms with van der Waals surface area (Å²) in [4.78, 5) is 0. The molecule has 4 N–H and O–H groups in total. The lowest BCUT2D eigenvalue weighted by atomic mass is 10.0. The molecule has 0 saturated heterocycles. The van der Waals surface area contributed by atoms with E-state index < -0.39 is 0 Å². The Morgan fingerprint density at radius 3 is 2.25 bits per heavy atom. The first-order valence-electron chi connectivity index (χ1n) is 5.01. The molecule has 2 aromatic rings. The average molecular weight is 214 g/mol. The van der Waals surface area contributed by atoms with Crippen molar-refractivity contribution in [1.82, 2.24) is 0 Å². The molecule has 0 fully saturated rings. The van der Waals surface area contributed by atoms with Crippen LogP contribution in [0.1, 0.15) is 0 Å². The van der Waals surface area contributed by atoms with Gasteiger partial charge in [0.05, 0.1) is 18.5 Å². The topological polar surface area (TPSA) is 61.3 Å². The lowest BCUT2D eigenvalue weighted by Crippen LogP contribution is -1.96. The minimum absolute atomic E-state index is 0.605. The van der Waals surface area contributed by atoms with Gasteiger partial charge in [-0.1, -0.05) is 24.3 Å². The Labute approximate surface area is 94.6 Å². The van der Waals surface area contributed by atoms with Crippen molar-refractivity contribution < 1.29 is 4.74 Å². The zero-order valence-corrected chi connectivity index (χ0v) is 9.10. The Balaban J connectivity index is 2.46. The third-order valence-corrected chi connectivity index (χ3v) is 2.54. The molecule has 0 aliphatic heterocycles. The molecule has 0 saturated carbocycles. The average Bonchev–Trinajstić information content (AvgIpc) is 2.33. The molecular formula is C13H14N2O. The molecule has 0 atom stereocenters. The van der Waals surface area contributed by atoms with Gasteiger partial charge in [-0.3, -0.25) is 0 Å². The van der Waals surface area contributed by atoms with E-state index in [0.717, 1.165) is 16.9 Å². The molecule has 2 rings (SSSR count). The van der Waals surface area contributed by atoms with Gasteiger partial charge < -0.3 is 16.2 Å². The van der Waals surface area contributed by atoms with Gasteiger partial charge in [-0.25, -0.2) is 0 Å². The van der Waals surface area contributed by atoms with Crippen LogP contribution in [0, 0.1) is 0 Å². The SMILES string of the molecule is COc1ccc(-c2cccc(N)c2N)cc1. The van der Waals surface area contributed by atoms with Crippen LogP contribution in [-0.2, 0) is 0 Å². The second-order valence-electron chi connectivity index (χ2n) is 3.54. The van der Waals surface area contributed by atoms with Crippen LogP contribution in [-0.4, -0.2) is 7.11 Å². The Bertz CT molecular complexity index is 492. The highest BCUT2D eigenvalue weighted by molar-refractivity contribution is 5.84. The number of rotatable bonds is 2. The molecule has 3 heteroatoms. The van der Waals surface area contributed by atoms with Crippen LogP contribution in [0.3, 0.4) is 0 Å². The predicted molar refractivity (Wildman–Crippen MR) is 67.3 cm³/mol. The molecule has 0 radical (unpaired) electrons. The first kappa shape index (κ1) is 10.4. The molecule has 16 heavy (non-hydrogen) atoms. The van der Waals surface area contributed by atoms with E-state index in [1.165, 1.54) is 0 Å². The fourth-order valence-corrected chi connectivity index (χ4v) is 1.61. The summed E-state index contributed by atoms with van der Waals surface area (Å²) < 4.78 is 5.10. The molecule has 0 heterocycles. The standard InChI is InChI=1S/C13H14N2O/c1-16-10-7-5-9(6-8-10)11-3-2-4-12(14)13(11)15/h2-8H,14-15H2,1H3. The predicted octanol–water partition coefficient (Wildman–Crippen LogP) is 2.53. The Morgan fingerprint density at radius 2 is 1.62 bits per heavy atom. The number of hydrogen-bond acceptors (Lipinski definition) is 3. The van der Waals surface area contributed by atoms with Gasteiger partial charge in [-0.05, 0) is 23.8 Å². The summed E-state index contributed by atoms with van der Waals surface area (Å²) in [5, 5.41) is 0. The molecule has 82 valence electrons. The molecule has 0 amide bonds. The maximum absolute atomic E-state index is 5.93. The van der Waals surface area contributed by atoms with Crippen molar-refractivity contribution >= 4 is 11.4 Å². The van der Waals surface area contributed by atoms with Crippen LogP contribution in [0.5, 0.6) is 5.75 Å². The van der Waals surface area contributed by atoms with Crippen molar-refractivity contribution in [3.05, 3.63) is 42.5 Å². The van der Waals surface area contributed by atoms with Crippen LogP contribution in [0.15, 0.2) is 42.5 Å². The molecule has 0 unspecified atom stereocenters. The smallest absolute Gasteiger partial charge is 0.118 e. The van der Waals surface area contributed by atoms with Crippen LogP contribution >= 0.6 is 0 Å². The molecule has 0 aromatic heterocycles. The quantitative estimate of drug-likeness (QED) is 0.755. The molecule has 3 nitrogen and oxygen atoms in total. The van der Waals surface area contributed by atoms with Crippen molar-refractivity contribution in [3.63, 3.8) is 0 Å². The van der Waals surface area contributed by atoms with E-state index in [0.29, 0.717) is 11.4 Å². The Morgan fingerprint density at radius 1 is 0.938 bits per heavy atom. The van der Waals surface area contributed by atoms with Gasteiger partial charge in [0.2, 0.25) is 0 Å². The number of nitrogens with two attached hydrogens (primary N) is 2. The molecule has 0 spiro atoms. The van der Waals surface area contributed by atoms with Crippen molar-refractivity contribution in [1.29, 1.82) is 0 Å². The number of benzene rings is 2. The summed E-state index contributed by atoms with van der Waals surface area (Å²) in [6, 6.07) is 13.4. The lowest BCUT2D eigenvalue weighted by molar-refractivity contribution is 0.415. The van der Waals surface area contributed by atoms with Crippen molar-refractivity contribution in [2.45, 2.75) is 0 Å². The first-order chi connectivity index (χ1) is 7.72. The molecule has 0 aliphatic rings. The number of nitrogen functional groups attached to an aromatic ring is 2. The normalized spacial score (nSPS) is 10.1. The summed E-state index contributed by atoms with van der Waals surface area (Å²) >= 11 is 0. The van der Waals surface area contributed by atoms with Crippen molar-refractivity contribution in [2.75, 3.05) is 18.6 Å². The van der Waals surface area contributed by atoms with Gasteiger partial charge in [0.25, 0.3) is 0 Å². The molecule has 2 aromatic carbocycles. The van der Waals surface area contributed by atoms with Gasteiger partial charge in [0.15, 0.2) is 0 Å². The zero-order valence-electron chi connectivity index (χ0n) is 9.10. The zero-order chi connectivity index (χ0) is 11.5. The van der Waals surface area contributed by atoms with Gasteiger partial charge in [-0.2, -0.15) is 0 Å². The number of ether oxygens (including phenoxy) is 1. The second kappa shape index (κ2) is 4.14. The van der Waals surface area contributed by atoms with E-state index in [-0.39, 0.29) is 0 Å². The maximum atomic E-state index is 5.93. The number of methoxy groups -OCH3 is 1. The summed E-state index contributed by atoms with van der Waals surface area (Å²) in [5.74, 6) is 0.825.